The Bertz CT molecular complexity index is 914. The summed E-state index contributed by atoms with van der Waals surface area (Å²) in [5, 5.41) is 11.2. The molecule has 8 heteroatoms. The van der Waals surface area contributed by atoms with Crippen molar-refractivity contribution in [2.24, 2.45) is 7.05 Å². The maximum absolute atomic E-state index is 12.1. The molecule has 136 valence electrons. The summed E-state index contributed by atoms with van der Waals surface area (Å²) in [6.07, 6.45) is 7.16. The summed E-state index contributed by atoms with van der Waals surface area (Å²) in [6, 6.07) is 5.34. The van der Waals surface area contributed by atoms with Gasteiger partial charge in [-0.2, -0.15) is 0 Å². The second-order valence-electron chi connectivity index (χ2n) is 6.09. The lowest BCUT2D eigenvalue weighted by atomic mass is 10.2. The molecular weight excluding hydrogens is 334 g/mol. The first-order valence-electron chi connectivity index (χ1n) is 8.45. The minimum Gasteiger partial charge on any atom is -0.481 e. The molecule has 8 nitrogen and oxygen atoms in total. The van der Waals surface area contributed by atoms with Gasteiger partial charge in [-0.3, -0.25) is 9.59 Å². The van der Waals surface area contributed by atoms with Gasteiger partial charge >= 0.3 is 5.97 Å². The van der Waals surface area contributed by atoms with Crippen LogP contribution in [-0.2, 0) is 24.8 Å². The van der Waals surface area contributed by atoms with Gasteiger partial charge in [0.15, 0.2) is 0 Å². The van der Waals surface area contributed by atoms with Crippen molar-refractivity contribution in [2.75, 3.05) is 6.54 Å². The molecule has 0 unspecified atom stereocenters. The number of benzene rings is 1. The number of carbonyl (C=O) groups excluding carboxylic acids is 1. The van der Waals surface area contributed by atoms with E-state index in [-0.39, 0.29) is 18.9 Å². The van der Waals surface area contributed by atoms with Crippen LogP contribution in [0, 0.1) is 0 Å². The lowest BCUT2D eigenvalue weighted by Gasteiger charge is -2.04. The molecule has 26 heavy (non-hydrogen) atoms. The second kappa shape index (κ2) is 7.81. The zero-order valence-corrected chi connectivity index (χ0v) is 14.6. The highest BCUT2D eigenvalue weighted by molar-refractivity contribution is 5.97. The van der Waals surface area contributed by atoms with E-state index in [0.29, 0.717) is 5.56 Å². The number of carbonyl (C=O) groups is 2. The maximum Gasteiger partial charge on any atom is 0.305 e. The van der Waals surface area contributed by atoms with E-state index < -0.39 is 5.97 Å². The number of nitrogens with zero attached hydrogens (tertiary/aromatic N) is 4. The summed E-state index contributed by atoms with van der Waals surface area (Å²) < 4.78 is 4.07. The summed E-state index contributed by atoms with van der Waals surface area (Å²) in [4.78, 5) is 31.3. The topological polar surface area (TPSA) is 102 Å². The first kappa shape index (κ1) is 17.7. The Morgan fingerprint density at radius 2 is 2.15 bits per heavy atom. The van der Waals surface area contributed by atoms with E-state index in [9.17, 15) is 9.59 Å². The molecule has 0 fully saturated rings. The van der Waals surface area contributed by atoms with Crippen LogP contribution in [0.3, 0.4) is 0 Å². The van der Waals surface area contributed by atoms with E-state index in [0.717, 1.165) is 36.2 Å². The van der Waals surface area contributed by atoms with E-state index in [4.69, 9.17) is 5.11 Å². The summed E-state index contributed by atoms with van der Waals surface area (Å²) in [7, 11) is 1.97. The molecule has 0 aliphatic heterocycles. The van der Waals surface area contributed by atoms with Gasteiger partial charge in [0.2, 0.25) is 0 Å². The molecule has 3 rings (SSSR count). The monoisotopic (exact) mass is 355 g/mol. The largest absolute Gasteiger partial charge is 0.481 e. The second-order valence-corrected chi connectivity index (χ2v) is 6.09. The third-order valence-corrected chi connectivity index (χ3v) is 4.24. The van der Waals surface area contributed by atoms with Gasteiger partial charge in [0.05, 0.1) is 23.8 Å². The lowest BCUT2D eigenvalue weighted by Crippen LogP contribution is -2.25. The standard InChI is InChI=1S/C18H21N5O3/c1-22-15-5-4-13(18(26)20-7-6-17(24)25)11-14(15)21-16(22)3-2-9-23-10-8-19-12-23/h4-5,8,10-12H,2-3,6-7,9H2,1H3,(H,20,26)(H,24,25). The van der Waals surface area contributed by atoms with Gasteiger partial charge in [0.25, 0.3) is 5.91 Å². The summed E-state index contributed by atoms with van der Waals surface area (Å²) in [6.45, 7) is 0.981. The number of nitrogens with one attached hydrogen (secondary N) is 1. The van der Waals surface area contributed by atoms with Crippen molar-refractivity contribution in [2.45, 2.75) is 25.8 Å². The van der Waals surface area contributed by atoms with Crippen LogP contribution in [0.1, 0.15) is 29.0 Å². The predicted molar refractivity (Wildman–Crippen MR) is 95.8 cm³/mol. The Kier molecular flexibility index (Phi) is 5.31. The van der Waals surface area contributed by atoms with E-state index in [1.807, 2.05) is 28.4 Å². The fourth-order valence-corrected chi connectivity index (χ4v) is 2.84. The molecular formula is C18H21N5O3. The first-order chi connectivity index (χ1) is 12.5. The number of rotatable bonds is 8. The third kappa shape index (κ3) is 4.08. The average Bonchev–Trinajstić information content (AvgIpc) is 3.23. The van der Waals surface area contributed by atoms with E-state index >= 15 is 0 Å². The van der Waals surface area contributed by atoms with Gasteiger partial charge in [0, 0.05) is 44.5 Å². The van der Waals surface area contributed by atoms with Crippen LogP contribution in [0.4, 0.5) is 0 Å². The smallest absolute Gasteiger partial charge is 0.305 e. The number of hydrogen-bond donors (Lipinski definition) is 2. The Labute approximate surface area is 150 Å². The van der Waals surface area contributed by atoms with Crippen molar-refractivity contribution in [1.82, 2.24) is 24.4 Å². The van der Waals surface area contributed by atoms with Crippen LogP contribution in [0.25, 0.3) is 11.0 Å². The van der Waals surface area contributed by atoms with Gasteiger partial charge < -0.3 is 19.6 Å². The molecule has 0 radical (unpaired) electrons. The first-order valence-corrected chi connectivity index (χ1v) is 8.45. The molecule has 0 aliphatic rings. The molecule has 0 atom stereocenters. The van der Waals surface area contributed by atoms with Crippen molar-refractivity contribution >= 4 is 22.9 Å². The van der Waals surface area contributed by atoms with E-state index in [2.05, 4.69) is 15.3 Å². The highest BCUT2D eigenvalue weighted by Gasteiger charge is 2.12. The third-order valence-electron chi connectivity index (χ3n) is 4.24. The molecule has 0 saturated heterocycles. The highest BCUT2D eigenvalue weighted by atomic mass is 16.4. The predicted octanol–water partition coefficient (Wildman–Crippen LogP) is 1.61. The highest BCUT2D eigenvalue weighted by Crippen LogP contribution is 2.18. The Morgan fingerprint density at radius 3 is 2.88 bits per heavy atom. The molecule has 1 aromatic carbocycles. The Balaban J connectivity index is 1.67. The van der Waals surface area contributed by atoms with Gasteiger partial charge in [-0.15, -0.1) is 0 Å². The SMILES string of the molecule is Cn1c(CCCn2ccnc2)nc2cc(C(=O)NCCC(=O)O)ccc21. The van der Waals surface area contributed by atoms with E-state index in [1.54, 1.807) is 24.7 Å². The van der Waals surface area contributed by atoms with E-state index in [1.165, 1.54) is 0 Å². The van der Waals surface area contributed by atoms with Crippen molar-refractivity contribution in [3.05, 3.63) is 48.3 Å². The van der Waals surface area contributed by atoms with Crippen LogP contribution >= 0.6 is 0 Å². The van der Waals surface area contributed by atoms with Crippen molar-refractivity contribution in [3.63, 3.8) is 0 Å². The van der Waals surface area contributed by atoms with Crippen LogP contribution in [0.15, 0.2) is 36.9 Å². The van der Waals surface area contributed by atoms with Crippen LogP contribution in [-0.4, -0.2) is 42.6 Å². The fourth-order valence-electron chi connectivity index (χ4n) is 2.84. The van der Waals surface area contributed by atoms with Gasteiger partial charge in [-0.05, 0) is 24.6 Å². The summed E-state index contributed by atoms with van der Waals surface area (Å²) in [5.74, 6) is -0.269. The molecule has 0 saturated carbocycles. The minimum absolute atomic E-state index is 0.0986. The number of aryl methyl sites for hydroxylation is 3. The normalized spacial score (nSPS) is 11.0. The maximum atomic E-state index is 12.1. The Hall–Kier alpha value is -3.16. The zero-order valence-electron chi connectivity index (χ0n) is 14.6. The van der Waals surface area contributed by atoms with Crippen molar-refractivity contribution in [3.8, 4) is 0 Å². The molecule has 0 spiro atoms. The number of hydrogen-bond acceptors (Lipinski definition) is 4. The van der Waals surface area contributed by atoms with Gasteiger partial charge in [0.1, 0.15) is 5.82 Å². The van der Waals surface area contributed by atoms with Crippen LogP contribution in [0.2, 0.25) is 0 Å². The number of aromatic nitrogens is 4. The zero-order chi connectivity index (χ0) is 18.5. The number of fused-ring (bicyclic) bond motifs is 1. The van der Waals surface area contributed by atoms with Crippen LogP contribution < -0.4 is 5.32 Å². The lowest BCUT2D eigenvalue weighted by molar-refractivity contribution is -0.136. The molecule has 3 aromatic rings. The Morgan fingerprint density at radius 1 is 1.31 bits per heavy atom. The quantitative estimate of drug-likeness (QED) is 0.639. The van der Waals surface area contributed by atoms with Gasteiger partial charge in [-0.25, -0.2) is 9.97 Å². The number of imidazole rings is 2. The molecule has 2 aromatic heterocycles. The molecule has 0 aliphatic carbocycles. The average molecular weight is 355 g/mol. The molecule has 1 amide bonds. The number of aliphatic carboxylic acids is 1. The molecule has 0 bridgehead atoms. The van der Waals surface area contributed by atoms with Crippen molar-refractivity contribution < 1.29 is 14.7 Å². The number of carboxylic acid groups (broad SMARTS) is 1. The number of carboxylic acids is 1. The van der Waals surface area contributed by atoms with Crippen molar-refractivity contribution in [1.29, 1.82) is 0 Å². The summed E-state index contributed by atoms with van der Waals surface area (Å²) >= 11 is 0. The molecule has 2 N–H and O–H groups in total. The van der Waals surface area contributed by atoms with Gasteiger partial charge in [-0.1, -0.05) is 0 Å². The summed E-state index contributed by atoms with van der Waals surface area (Å²) in [5.41, 5.74) is 2.20. The minimum atomic E-state index is -0.939. The fraction of sp³-hybridized carbons (Fsp3) is 0.333. The number of amides is 1. The molecule has 2 heterocycles. The van der Waals surface area contributed by atoms with Crippen LogP contribution in [0.5, 0.6) is 0 Å².